The SMILES string of the molecule is c1ccc(-n2ccc3cc4c5cc(N(c6ccc(-c7cccnc7)cc6)c6ccc7c(c6)C(c6ccccc6)(c6ccccc6)c6ccccc6-7)ccc5n(-c5ccccc5)c4cc32)cc1. The van der Waals surface area contributed by atoms with Crippen LogP contribution in [0.25, 0.3) is 66.3 Å². The summed E-state index contributed by atoms with van der Waals surface area (Å²) in [6, 6.07) is 86.6. The topological polar surface area (TPSA) is 26.0 Å². The molecule has 0 unspecified atom stereocenters. The Hall–Kier alpha value is -8.73. The maximum absolute atomic E-state index is 4.43. The van der Waals surface area contributed by atoms with E-state index < -0.39 is 5.41 Å². The van der Waals surface area contributed by atoms with Gasteiger partial charge in [0.2, 0.25) is 0 Å². The number of hydrogen-bond acceptors (Lipinski definition) is 2. The van der Waals surface area contributed by atoms with Crippen LogP contribution in [-0.2, 0) is 5.41 Å². The van der Waals surface area contributed by atoms with Crippen molar-refractivity contribution in [3.05, 3.63) is 277 Å². The van der Waals surface area contributed by atoms with Crippen LogP contribution in [0.1, 0.15) is 22.3 Å². The molecule has 13 rings (SSSR count). The first-order valence-electron chi connectivity index (χ1n) is 22.6. The van der Waals surface area contributed by atoms with E-state index in [-0.39, 0.29) is 0 Å². The number of aromatic nitrogens is 3. The van der Waals surface area contributed by atoms with Crippen molar-refractivity contribution >= 4 is 49.8 Å². The zero-order valence-corrected chi connectivity index (χ0v) is 36.0. The van der Waals surface area contributed by atoms with Gasteiger partial charge in [-0.15, -0.1) is 0 Å². The minimum absolute atomic E-state index is 0.533. The molecule has 0 saturated carbocycles. The molecule has 0 aliphatic heterocycles. The Morgan fingerprint density at radius 1 is 0.394 bits per heavy atom. The molecule has 0 saturated heterocycles. The van der Waals surface area contributed by atoms with E-state index in [1.54, 1.807) is 0 Å². The highest BCUT2D eigenvalue weighted by Gasteiger charge is 2.46. The van der Waals surface area contributed by atoms with Gasteiger partial charge in [-0.1, -0.05) is 146 Å². The molecule has 0 bridgehead atoms. The molecule has 12 aromatic rings. The molecule has 0 fully saturated rings. The highest BCUT2D eigenvalue weighted by Crippen LogP contribution is 2.57. The highest BCUT2D eigenvalue weighted by molar-refractivity contribution is 6.14. The molecule has 4 heteroatoms. The van der Waals surface area contributed by atoms with Crippen LogP contribution in [-0.4, -0.2) is 14.1 Å². The standard InChI is InChI=1S/C62H42N4/c1-5-17-46(18-6-1)62(47-19-7-2-8-20-47)57-26-14-13-25-53(57)54-33-31-52(40-58(54)62)65(50-29-27-43(28-30-50)45-16-15-36-63-42-45)51-32-34-59-56(39-51)55-38-44-35-37-64(48-21-9-3-10-22-48)60(44)41-61(55)66(59)49-23-11-4-12-24-49/h1-42H. The van der Waals surface area contributed by atoms with Gasteiger partial charge >= 0.3 is 0 Å². The van der Waals surface area contributed by atoms with E-state index in [0.29, 0.717) is 0 Å². The minimum atomic E-state index is -0.533. The third-order valence-corrected chi connectivity index (χ3v) is 13.7. The van der Waals surface area contributed by atoms with Crippen LogP contribution >= 0.6 is 0 Å². The van der Waals surface area contributed by atoms with Crippen LogP contribution in [0.3, 0.4) is 0 Å². The van der Waals surface area contributed by atoms with E-state index in [1.807, 2.05) is 18.5 Å². The normalized spacial score (nSPS) is 12.7. The second kappa shape index (κ2) is 15.2. The molecule has 3 aromatic heterocycles. The summed E-state index contributed by atoms with van der Waals surface area (Å²) in [5.41, 5.74) is 18.2. The maximum Gasteiger partial charge on any atom is 0.0714 e. The molecule has 0 radical (unpaired) electrons. The van der Waals surface area contributed by atoms with Crippen LogP contribution in [0.5, 0.6) is 0 Å². The fraction of sp³-hybridized carbons (Fsp3) is 0.0161. The lowest BCUT2D eigenvalue weighted by Gasteiger charge is -2.35. The first-order chi connectivity index (χ1) is 32.7. The molecule has 4 nitrogen and oxygen atoms in total. The number of hydrogen-bond donors (Lipinski definition) is 0. The van der Waals surface area contributed by atoms with Crippen LogP contribution in [0, 0.1) is 0 Å². The predicted molar refractivity (Wildman–Crippen MR) is 273 cm³/mol. The van der Waals surface area contributed by atoms with E-state index in [9.17, 15) is 0 Å². The molecule has 0 atom stereocenters. The smallest absolute Gasteiger partial charge is 0.0714 e. The minimum Gasteiger partial charge on any atom is -0.316 e. The van der Waals surface area contributed by atoms with Crippen molar-refractivity contribution in [3.63, 3.8) is 0 Å². The fourth-order valence-electron chi connectivity index (χ4n) is 10.8. The first-order valence-corrected chi connectivity index (χ1v) is 22.6. The number of anilines is 3. The van der Waals surface area contributed by atoms with Crippen molar-refractivity contribution < 1.29 is 0 Å². The predicted octanol–water partition coefficient (Wildman–Crippen LogP) is 15.6. The molecule has 0 spiro atoms. The number of pyridine rings is 1. The summed E-state index contributed by atoms with van der Waals surface area (Å²) < 4.78 is 4.71. The second-order valence-corrected chi connectivity index (χ2v) is 17.2. The average Bonchev–Trinajstić information content (AvgIpc) is 4.05. The van der Waals surface area contributed by atoms with Crippen molar-refractivity contribution in [1.29, 1.82) is 0 Å². The summed E-state index contributed by atoms with van der Waals surface area (Å²) in [6.07, 6.45) is 5.94. The zero-order chi connectivity index (χ0) is 43.6. The molecule has 3 heterocycles. The maximum atomic E-state index is 4.43. The summed E-state index contributed by atoms with van der Waals surface area (Å²) >= 11 is 0. The number of benzene rings is 9. The van der Waals surface area contributed by atoms with Gasteiger partial charge in [-0.05, 0) is 136 Å². The largest absolute Gasteiger partial charge is 0.316 e. The monoisotopic (exact) mass is 842 g/mol. The Kier molecular flexibility index (Phi) is 8.72. The molecule has 0 N–H and O–H groups in total. The van der Waals surface area contributed by atoms with Gasteiger partial charge in [0.25, 0.3) is 0 Å². The molecule has 1 aliphatic rings. The van der Waals surface area contributed by atoms with E-state index >= 15 is 0 Å². The first kappa shape index (κ1) is 37.8. The Morgan fingerprint density at radius 2 is 1.00 bits per heavy atom. The van der Waals surface area contributed by atoms with E-state index in [2.05, 4.69) is 256 Å². The van der Waals surface area contributed by atoms with Crippen LogP contribution in [0.4, 0.5) is 17.1 Å². The Bertz CT molecular complexity index is 3690. The Morgan fingerprint density at radius 3 is 1.71 bits per heavy atom. The summed E-state index contributed by atoms with van der Waals surface area (Å²) in [5.74, 6) is 0. The molecular formula is C62H42N4. The fourth-order valence-corrected chi connectivity index (χ4v) is 10.8. The van der Waals surface area contributed by atoms with E-state index in [4.69, 9.17) is 0 Å². The quantitative estimate of drug-likeness (QED) is 0.152. The molecular weight excluding hydrogens is 801 g/mol. The van der Waals surface area contributed by atoms with E-state index in [0.717, 1.165) is 50.6 Å². The van der Waals surface area contributed by atoms with Crippen LogP contribution in [0.2, 0.25) is 0 Å². The van der Waals surface area contributed by atoms with Crippen LogP contribution < -0.4 is 4.90 Å². The van der Waals surface area contributed by atoms with Crippen LogP contribution in [0.15, 0.2) is 255 Å². The third-order valence-electron chi connectivity index (χ3n) is 13.7. The Labute approximate surface area is 383 Å². The molecule has 310 valence electrons. The zero-order valence-electron chi connectivity index (χ0n) is 36.0. The van der Waals surface area contributed by atoms with Crippen molar-refractivity contribution in [3.8, 4) is 33.6 Å². The van der Waals surface area contributed by atoms with Gasteiger partial charge in [0.1, 0.15) is 0 Å². The van der Waals surface area contributed by atoms with Gasteiger partial charge in [0.05, 0.1) is 22.0 Å². The van der Waals surface area contributed by atoms with Gasteiger partial charge in [0.15, 0.2) is 0 Å². The summed E-state index contributed by atoms with van der Waals surface area (Å²) in [5, 5.41) is 3.59. The summed E-state index contributed by atoms with van der Waals surface area (Å²) in [6.45, 7) is 0. The van der Waals surface area contributed by atoms with E-state index in [1.165, 1.54) is 55.1 Å². The number of para-hydroxylation sites is 2. The van der Waals surface area contributed by atoms with Crippen molar-refractivity contribution in [2.24, 2.45) is 0 Å². The van der Waals surface area contributed by atoms with Crippen molar-refractivity contribution in [1.82, 2.24) is 14.1 Å². The van der Waals surface area contributed by atoms with Gasteiger partial charge in [-0.2, -0.15) is 0 Å². The molecule has 0 amide bonds. The lowest BCUT2D eigenvalue weighted by atomic mass is 9.67. The average molecular weight is 843 g/mol. The molecule has 9 aromatic carbocycles. The lowest BCUT2D eigenvalue weighted by molar-refractivity contribution is 0.768. The Balaban J connectivity index is 1.06. The molecule has 66 heavy (non-hydrogen) atoms. The van der Waals surface area contributed by atoms with Gasteiger partial charge in [0, 0.05) is 63.2 Å². The summed E-state index contributed by atoms with van der Waals surface area (Å²) in [4.78, 5) is 6.86. The number of rotatable bonds is 8. The van der Waals surface area contributed by atoms with Gasteiger partial charge in [-0.3, -0.25) is 4.98 Å². The second-order valence-electron chi connectivity index (χ2n) is 17.2. The number of nitrogens with zero attached hydrogens (tertiary/aromatic N) is 4. The van der Waals surface area contributed by atoms with Gasteiger partial charge < -0.3 is 14.0 Å². The van der Waals surface area contributed by atoms with Gasteiger partial charge in [-0.25, -0.2) is 0 Å². The third kappa shape index (κ3) is 5.82. The van der Waals surface area contributed by atoms with Crippen molar-refractivity contribution in [2.75, 3.05) is 4.90 Å². The lowest BCUT2D eigenvalue weighted by Crippen LogP contribution is -2.28. The highest BCUT2D eigenvalue weighted by atomic mass is 15.1. The number of fused-ring (bicyclic) bond motifs is 7. The summed E-state index contributed by atoms with van der Waals surface area (Å²) in [7, 11) is 0. The van der Waals surface area contributed by atoms with Crippen molar-refractivity contribution in [2.45, 2.75) is 5.41 Å². The molecule has 1 aliphatic carbocycles.